The first kappa shape index (κ1) is 29.2. The first-order valence-electron chi connectivity index (χ1n) is 16.1. The van der Waals surface area contributed by atoms with Gasteiger partial charge in [-0.15, -0.1) is 0 Å². The number of phenols is 2. The molecule has 5 heteroatoms. The predicted octanol–water partition coefficient (Wildman–Crippen LogP) is 8.83. The van der Waals surface area contributed by atoms with Gasteiger partial charge in [0.2, 0.25) is 0 Å². The van der Waals surface area contributed by atoms with Gasteiger partial charge >= 0.3 is 0 Å². The van der Waals surface area contributed by atoms with E-state index in [1.54, 1.807) is 20.8 Å². The summed E-state index contributed by atoms with van der Waals surface area (Å²) >= 11 is 0. The minimum absolute atomic E-state index is 0.0190. The lowest BCUT2D eigenvalue weighted by atomic mass is 9.70. The van der Waals surface area contributed by atoms with Crippen LogP contribution >= 0.6 is 0 Å². The standard InChI is InChI=1S/C42H37NO4/c1-21-22(2)34(41(47)40(46)23(21)3)35-24(4)39(45)37(25(5)38(35)44)43-33-20-12-19-32-36(33)28-15-8-11-18-31(28)42(32)29-16-9-6-13-26(29)27-14-7-10-17-30(27)42/h6-20,37,39,43-47H,1-5H3. The average molecular weight is 620 g/mol. The molecule has 47 heavy (non-hydrogen) atoms. The third-order valence-corrected chi connectivity index (χ3v) is 11.1. The maximum absolute atomic E-state index is 11.9. The van der Waals surface area contributed by atoms with Gasteiger partial charge in [-0.2, -0.15) is 0 Å². The molecular weight excluding hydrogens is 582 g/mol. The summed E-state index contributed by atoms with van der Waals surface area (Å²) in [6, 6.07) is 31.6. The Bertz CT molecular complexity index is 2170. The van der Waals surface area contributed by atoms with Gasteiger partial charge in [-0.3, -0.25) is 0 Å². The Morgan fingerprint density at radius 1 is 0.532 bits per heavy atom. The Morgan fingerprint density at radius 3 is 1.68 bits per heavy atom. The molecule has 0 saturated heterocycles. The van der Waals surface area contributed by atoms with E-state index >= 15 is 0 Å². The summed E-state index contributed by atoms with van der Waals surface area (Å²) < 4.78 is 0. The number of allylic oxidation sites excluding steroid dienone is 1. The monoisotopic (exact) mass is 619 g/mol. The predicted molar refractivity (Wildman–Crippen MR) is 188 cm³/mol. The molecule has 0 amide bonds. The van der Waals surface area contributed by atoms with Gasteiger partial charge in [-0.05, 0) is 107 Å². The van der Waals surface area contributed by atoms with Crippen LogP contribution in [0.2, 0.25) is 0 Å². The third-order valence-electron chi connectivity index (χ3n) is 11.1. The summed E-state index contributed by atoms with van der Waals surface area (Å²) in [5.74, 6) is -0.529. The molecule has 3 aliphatic carbocycles. The van der Waals surface area contributed by atoms with Crippen molar-refractivity contribution in [3.05, 3.63) is 152 Å². The van der Waals surface area contributed by atoms with Gasteiger partial charge in [-0.1, -0.05) is 84.9 Å². The Morgan fingerprint density at radius 2 is 1.06 bits per heavy atom. The molecule has 2 atom stereocenters. The van der Waals surface area contributed by atoms with E-state index in [2.05, 4.69) is 90.2 Å². The highest BCUT2D eigenvalue weighted by Gasteiger charge is 2.52. The van der Waals surface area contributed by atoms with Crippen LogP contribution in [0.3, 0.4) is 0 Å². The van der Waals surface area contributed by atoms with Crippen LogP contribution < -0.4 is 5.32 Å². The Labute approximate surface area is 274 Å². The second kappa shape index (κ2) is 10.1. The fourth-order valence-electron chi connectivity index (χ4n) is 8.53. The van der Waals surface area contributed by atoms with Crippen molar-refractivity contribution >= 4 is 11.3 Å². The van der Waals surface area contributed by atoms with Gasteiger partial charge in [0.1, 0.15) is 5.76 Å². The molecule has 0 aliphatic heterocycles. The quantitative estimate of drug-likeness (QED) is 0.128. The second-order valence-corrected chi connectivity index (χ2v) is 13.2. The van der Waals surface area contributed by atoms with Crippen LogP contribution in [-0.2, 0) is 5.41 Å². The first-order chi connectivity index (χ1) is 22.6. The molecule has 5 nitrogen and oxygen atoms in total. The van der Waals surface area contributed by atoms with Gasteiger partial charge < -0.3 is 25.7 Å². The highest BCUT2D eigenvalue weighted by Crippen LogP contribution is 2.64. The van der Waals surface area contributed by atoms with Crippen molar-refractivity contribution in [2.75, 3.05) is 5.32 Å². The average Bonchev–Trinajstić information content (AvgIpc) is 3.57. The van der Waals surface area contributed by atoms with Crippen molar-refractivity contribution in [2.45, 2.75) is 52.2 Å². The van der Waals surface area contributed by atoms with Crippen molar-refractivity contribution in [3.63, 3.8) is 0 Å². The zero-order valence-electron chi connectivity index (χ0n) is 27.1. The van der Waals surface area contributed by atoms with Crippen LogP contribution in [0.25, 0.3) is 27.8 Å². The normalized spacial score (nSPS) is 18.7. The zero-order valence-corrected chi connectivity index (χ0v) is 27.1. The number of hydrogen-bond donors (Lipinski definition) is 5. The summed E-state index contributed by atoms with van der Waals surface area (Å²) in [6.45, 7) is 9.06. The van der Waals surface area contributed by atoms with Gasteiger partial charge in [0, 0.05) is 22.4 Å². The lowest BCUT2D eigenvalue weighted by molar-refractivity contribution is 0.193. The summed E-state index contributed by atoms with van der Waals surface area (Å²) in [4.78, 5) is 0. The van der Waals surface area contributed by atoms with E-state index in [9.17, 15) is 20.4 Å². The molecule has 0 aromatic heterocycles. The fraction of sp³-hybridized carbons (Fsp3) is 0.190. The number of benzene rings is 5. The largest absolute Gasteiger partial charge is 0.507 e. The molecule has 0 bridgehead atoms. The van der Waals surface area contributed by atoms with Gasteiger partial charge in [0.05, 0.1) is 17.6 Å². The van der Waals surface area contributed by atoms with Crippen LogP contribution in [0.1, 0.15) is 58.4 Å². The zero-order chi connectivity index (χ0) is 32.9. The van der Waals surface area contributed by atoms with E-state index in [-0.39, 0.29) is 17.3 Å². The maximum atomic E-state index is 11.9. The molecule has 5 aromatic carbocycles. The number of aliphatic hydroxyl groups excluding tert-OH is 2. The summed E-state index contributed by atoms with van der Waals surface area (Å²) in [5, 5.41) is 49.1. The van der Waals surface area contributed by atoms with E-state index in [0.717, 1.165) is 27.9 Å². The lowest BCUT2D eigenvalue weighted by Crippen LogP contribution is -2.39. The molecular formula is C42H37NO4. The molecule has 234 valence electrons. The minimum Gasteiger partial charge on any atom is -0.507 e. The second-order valence-electron chi connectivity index (χ2n) is 13.2. The van der Waals surface area contributed by atoms with Crippen molar-refractivity contribution in [2.24, 2.45) is 0 Å². The van der Waals surface area contributed by atoms with E-state index < -0.39 is 17.6 Å². The van der Waals surface area contributed by atoms with Crippen molar-refractivity contribution in [3.8, 4) is 33.8 Å². The Hall–Kier alpha value is -5.26. The molecule has 1 spiro atoms. The van der Waals surface area contributed by atoms with Crippen LogP contribution in [0.5, 0.6) is 11.5 Å². The van der Waals surface area contributed by atoms with Crippen LogP contribution in [0.15, 0.2) is 108 Å². The third kappa shape index (κ3) is 3.63. The summed E-state index contributed by atoms with van der Waals surface area (Å²) in [7, 11) is 0. The SMILES string of the molecule is CC1=C(c2c(C)c(C)c(C)c(O)c2O)C(O)=C(C)C(Nc2cccc3c2-c2ccccc2C32c3ccccc3-c3ccccc32)C1O. The highest BCUT2D eigenvalue weighted by molar-refractivity contribution is 5.99. The van der Waals surface area contributed by atoms with Gasteiger partial charge in [0.15, 0.2) is 11.5 Å². The van der Waals surface area contributed by atoms with Crippen molar-refractivity contribution in [1.82, 2.24) is 0 Å². The lowest BCUT2D eigenvalue weighted by Gasteiger charge is -2.35. The van der Waals surface area contributed by atoms with Gasteiger partial charge in [0.25, 0.3) is 0 Å². The molecule has 0 heterocycles. The van der Waals surface area contributed by atoms with E-state index in [1.165, 1.54) is 33.4 Å². The van der Waals surface area contributed by atoms with Crippen LogP contribution in [0, 0.1) is 20.8 Å². The Kier molecular flexibility index (Phi) is 6.28. The topological polar surface area (TPSA) is 93.0 Å². The van der Waals surface area contributed by atoms with E-state index in [1.807, 2.05) is 19.9 Å². The number of aromatic hydroxyl groups is 2. The van der Waals surface area contributed by atoms with Crippen LogP contribution in [0.4, 0.5) is 5.69 Å². The molecule has 8 rings (SSSR count). The number of anilines is 1. The smallest absolute Gasteiger partial charge is 0.166 e. The van der Waals surface area contributed by atoms with Crippen molar-refractivity contribution < 1.29 is 20.4 Å². The molecule has 5 aromatic rings. The van der Waals surface area contributed by atoms with Crippen LogP contribution in [-0.4, -0.2) is 32.6 Å². The molecule has 0 saturated carbocycles. The molecule has 2 unspecified atom stereocenters. The Balaban J connectivity index is 1.30. The molecule has 5 N–H and O–H groups in total. The summed E-state index contributed by atoms with van der Waals surface area (Å²) in [6.07, 6.45) is -1.02. The van der Waals surface area contributed by atoms with E-state index in [4.69, 9.17) is 0 Å². The van der Waals surface area contributed by atoms with Crippen molar-refractivity contribution in [1.29, 1.82) is 0 Å². The number of phenolic OH excluding ortho intramolecular Hbond substituents is 2. The number of fused-ring (bicyclic) bond motifs is 10. The molecule has 0 radical (unpaired) electrons. The van der Waals surface area contributed by atoms with E-state index in [0.29, 0.717) is 27.8 Å². The molecule has 3 aliphatic rings. The minimum atomic E-state index is -1.02. The molecule has 0 fully saturated rings. The van der Waals surface area contributed by atoms with Gasteiger partial charge in [-0.25, -0.2) is 0 Å². The first-order valence-corrected chi connectivity index (χ1v) is 16.1. The number of nitrogens with one attached hydrogen (secondary N) is 1. The summed E-state index contributed by atoms with van der Waals surface area (Å²) in [5.41, 5.74) is 13.9. The highest BCUT2D eigenvalue weighted by atomic mass is 16.3. The number of rotatable bonds is 3. The number of hydrogen-bond acceptors (Lipinski definition) is 5. The number of aliphatic hydroxyl groups is 2. The maximum Gasteiger partial charge on any atom is 0.166 e. The fourth-order valence-corrected chi connectivity index (χ4v) is 8.53.